The second-order valence-electron chi connectivity index (χ2n) is 7.04. The van der Waals surface area contributed by atoms with Gasteiger partial charge in [0.15, 0.2) is 0 Å². The van der Waals surface area contributed by atoms with Crippen LogP contribution in [0.1, 0.15) is 26.7 Å². The van der Waals surface area contributed by atoms with Gasteiger partial charge in [-0.2, -0.15) is 0 Å². The molecule has 1 saturated heterocycles. The van der Waals surface area contributed by atoms with Crippen LogP contribution in [0.5, 0.6) is 0 Å². The number of piperidine rings is 1. The number of aliphatic hydroxyl groups is 1. The van der Waals surface area contributed by atoms with E-state index in [1.54, 1.807) is 0 Å². The van der Waals surface area contributed by atoms with Gasteiger partial charge in [-0.3, -0.25) is 0 Å². The van der Waals surface area contributed by atoms with E-state index in [1.165, 1.54) is 18.2 Å². The summed E-state index contributed by atoms with van der Waals surface area (Å²) in [7, 11) is 0. The van der Waals surface area contributed by atoms with Crippen molar-refractivity contribution in [2.75, 3.05) is 19.6 Å². The zero-order chi connectivity index (χ0) is 15.7. The van der Waals surface area contributed by atoms with Crippen molar-refractivity contribution in [3.8, 4) is 0 Å². The molecule has 1 fully saturated rings. The number of pyridine rings is 1. The van der Waals surface area contributed by atoms with E-state index in [4.69, 9.17) is 0 Å². The highest BCUT2D eigenvalue weighted by atomic mass is 79.9. The van der Waals surface area contributed by atoms with Crippen molar-refractivity contribution in [2.45, 2.75) is 38.8 Å². The minimum absolute atomic E-state index is 0.599. The summed E-state index contributed by atoms with van der Waals surface area (Å²) in [5.74, 6) is 0.683. The van der Waals surface area contributed by atoms with Gasteiger partial charge >= 0.3 is 0 Å². The fourth-order valence-electron chi connectivity index (χ4n) is 3.37. The first-order valence-electron chi connectivity index (χ1n) is 7.96. The van der Waals surface area contributed by atoms with Crippen LogP contribution in [-0.2, 0) is 6.54 Å². The first kappa shape index (κ1) is 16.0. The van der Waals surface area contributed by atoms with Gasteiger partial charge < -0.3 is 14.6 Å². The third-order valence-corrected chi connectivity index (χ3v) is 4.99. The van der Waals surface area contributed by atoms with E-state index in [0.29, 0.717) is 5.92 Å². The Hall–Kier alpha value is -0.910. The molecule has 1 N–H and O–H groups in total. The highest BCUT2D eigenvalue weighted by Crippen LogP contribution is 2.27. The molecule has 0 spiro atoms. The SMILES string of the molecule is CC(C)(O)CN1CCC(Cn2cc(Br)c3cccnc32)CC1. The summed E-state index contributed by atoms with van der Waals surface area (Å²) in [5.41, 5.74) is 0.464. The number of β-amino-alcohol motifs (C(OH)–C–C–N with tert-alkyl or cyclic N) is 1. The third-order valence-electron chi connectivity index (χ3n) is 4.36. The Labute approximate surface area is 140 Å². The maximum Gasteiger partial charge on any atom is 0.141 e. The number of halogens is 1. The van der Waals surface area contributed by atoms with Crippen LogP contribution in [0.25, 0.3) is 11.0 Å². The molecule has 0 aliphatic carbocycles. The van der Waals surface area contributed by atoms with Gasteiger partial charge in [0.05, 0.1) is 5.60 Å². The Bertz CT molecular complexity index is 639. The lowest BCUT2D eigenvalue weighted by atomic mass is 9.95. The van der Waals surface area contributed by atoms with Gasteiger partial charge in [0.25, 0.3) is 0 Å². The molecular weight excluding hydrogens is 342 g/mol. The molecule has 4 nitrogen and oxygen atoms in total. The van der Waals surface area contributed by atoms with Gasteiger partial charge in [-0.1, -0.05) is 0 Å². The fraction of sp³-hybridized carbons (Fsp3) is 0.588. The monoisotopic (exact) mass is 365 g/mol. The van der Waals surface area contributed by atoms with Crippen molar-refractivity contribution in [3.05, 3.63) is 29.0 Å². The van der Waals surface area contributed by atoms with Crippen LogP contribution < -0.4 is 0 Å². The predicted molar refractivity (Wildman–Crippen MR) is 92.9 cm³/mol. The van der Waals surface area contributed by atoms with Gasteiger partial charge in [0, 0.05) is 35.3 Å². The van der Waals surface area contributed by atoms with Crippen molar-refractivity contribution in [2.24, 2.45) is 5.92 Å². The average Bonchev–Trinajstić information content (AvgIpc) is 2.77. The van der Waals surface area contributed by atoms with Gasteiger partial charge in [0.2, 0.25) is 0 Å². The number of hydrogen-bond donors (Lipinski definition) is 1. The standard InChI is InChI=1S/C17H24BrN3O/c1-17(2,22)12-20-8-5-13(6-9-20)10-21-11-15(18)14-4-3-7-19-16(14)21/h3-4,7,11,13,22H,5-6,8-10,12H2,1-2H3. The molecule has 3 heterocycles. The largest absolute Gasteiger partial charge is 0.389 e. The Morgan fingerprint density at radius 2 is 2.09 bits per heavy atom. The molecule has 0 amide bonds. The number of nitrogens with zero attached hydrogens (tertiary/aromatic N) is 3. The maximum atomic E-state index is 9.93. The van der Waals surface area contributed by atoms with Crippen molar-refractivity contribution >= 4 is 27.0 Å². The number of rotatable bonds is 4. The molecule has 0 bridgehead atoms. The summed E-state index contributed by atoms with van der Waals surface area (Å²) in [4.78, 5) is 6.89. The summed E-state index contributed by atoms with van der Waals surface area (Å²) in [6, 6.07) is 4.08. The molecule has 2 aromatic heterocycles. The van der Waals surface area contributed by atoms with Gasteiger partial charge in [-0.25, -0.2) is 4.98 Å². The molecule has 0 aromatic carbocycles. The molecule has 0 radical (unpaired) electrons. The Kier molecular flexibility index (Phi) is 4.57. The predicted octanol–water partition coefficient (Wildman–Crippen LogP) is 3.28. The molecule has 3 rings (SSSR count). The van der Waals surface area contributed by atoms with Crippen molar-refractivity contribution in [1.29, 1.82) is 0 Å². The molecule has 120 valence electrons. The van der Waals surface area contributed by atoms with E-state index in [1.807, 2.05) is 26.1 Å². The first-order chi connectivity index (χ1) is 10.4. The lowest BCUT2D eigenvalue weighted by molar-refractivity contribution is 0.0235. The van der Waals surface area contributed by atoms with Crippen LogP contribution in [0.4, 0.5) is 0 Å². The molecule has 1 aliphatic heterocycles. The van der Waals surface area contributed by atoms with Crippen molar-refractivity contribution in [1.82, 2.24) is 14.5 Å². The minimum Gasteiger partial charge on any atom is -0.389 e. The van der Waals surface area contributed by atoms with E-state index < -0.39 is 5.60 Å². The third kappa shape index (κ3) is 3.70. The summed E-state index contributed by atoms with van der Waals surface area (Å²) in [5, 5.41) is 11.1. The van der Waals surface area contributed by atoms with Crippen molar-refractivity contribution in [3.63, 3.8) is 0 Å². The zero-order valence-electron chi connectivity index (χ0n) is 13.3. The smallest absolute Gasteiger partial charge is 0.141 e. The van der Waals surface area contributed by atoms with E-state index in [2.05, 4.69) is 42.6 Å². The number of hydrogen-bond acceptors (Lipinski definition) is 3. The van der Waals surface area contributed by atoms with Gasteiger partial charge in [-0.05, 0) is 73.8 Å². The van der Waals surface area contributed by atoms with Crippen LogP contribution in [0, 0.1) is 5.92 Å². The molecule has 0 unspecified atom stereocenters. The highest BCUT2D eigenvalue weighted by molar-refractivity contribution is 9.10. The molecule has 0 atom stereocenters. The highest BCUT2D eigenvalue weighted by Gasteiger charge is 2.24. The fourth-order valence-corrected chi connectivity index (χ4v) is 3.93. The average molecular weight is 366 g/mol. The second-order valence-corrected chi connectivity index (χ2v) is 7.89. The Balaban J connectivity index is 1.63. The second kappa shape index (κ2) is 6.30. The number of aromatic nitrogens is 2. The van der Waals surface area contributed by atoms with Crippen LogP contribution in [0.3, 0.4) is 0 Å². The summed E-state index contributed by atoms with van der Waals surface area (Å²) >= 11 is 3.63. The molecule has 22 heavy (non-hydrogen) atoms. The van der Waals surface area contributed by atoms with E-state index in [9.17, 15) is 5.11 Å². The van der Waals surface area contributed by atoms with E-state index in [0.717, 1.165) is 36.3 Å². The molecular formula is C17H24BrN3O. The van der Waals surface area contributed by atoms with Gasteiger partial charge in [-0.15, -0.1) is 0 Å². The van der Waals surface area contributed by atoms with E-state index >= 15 is 0 Å². The molecule has 5 heteroatoms. The maximum absolute atomic E-state index is 9.93. The lowest BCUT2D eigenvalue weighted by Gasteiger charge is -2.35. The lowest BCUT2D eigenvalue weighted by Crippen LogP contribution is -2.43. The zero-order valence-corrected chi connectivity index (χ0v) is 14.9. The van der Waals surface area contributed by atoms with Crippen molar-refractivity contribution < 1.29 is 5.11 Å². The first-order valence-corrected chi connectivity index (χ1v) is 8.76. The topological polar surface area (TPSA) is 41.3 Å². The van der Waals surface area contributed by atoms with Crippen LogP contribution in [-0.4, -0.2) is 44.8 Å². The number of likely N-dealkylation sites (tertiary alicyclic amines) is 1. The van der Waals surface area contributed by atoms with Gasteiger partial charge in [0.1, 0.15) is 5.65 Å². The minimum atomic E-state index is -0.599. The normalized spacial score (nSPS) is 18.2. The molecule has 1 aliphatic rings. The summed E-state index contributed by atoms with van der Waals surface area (Å²) in [6.45, 7) is 7.70. The molecule has 0 saturated carbocycles. The summed E-state index contributed by atoms with van der Waals surface area (Å²) in [6.07, 6.45) is 6.37. The number of fused-ring (bicyclic) bond motifs is 1. The Morgan fingerprint density at radius 1 is 1.36 bits per heavy atom. The van der Waals surface area contributed by atoms with Crippen LogP contribution >= 0.6 is 15.9 Å². The Morgan fingerprint density at radius 3 is 2.77 bits per heavy atom. The van der Waals surface area contributed by atoms with Crippen LogP contribution in [0.15, 0.2) is 29.0 Å². The quantitative estimate of drug-likeness (QED) is 0.903. The van der Waals surface area contributed by atoms with E-state index in [-0.39, 0.29) is 0 Å². The van der Waals surface area contributed by atoms with Crippen LogP contribution in [0.2, 0.25) is 0 Å². The molecule has 2 aromatic rings. The summed E-state index contributed by atoms with van der Waals surface area (Å²) < 4.78 is 3.39.